The minimum Gasteiger partial charge on any atom is -0.496 e. The summed E-state index contributed by atoms with van der Waals surface area (Å²) in [6.07, 6.45) is 1.78. The molecule has 0 aliphatic rings. The number of hydrogen-bond acceptors (Lipinski definition) is 5. The number of para-hydroxylation sites is 1. The number of hydrogen-bond donors (Lipinski definition) is 1. The lowest BCUT2D eigenvalue weighted by molar-refractivity contribution is 0.407. The molecule has 0 aliphatic heterocycles. The Hall–Kier alpha value is -3.70. The molecule has 156 valence electrons. The van der Waals surface area contributed by atoms with E-state index in [1.165, 1.54) is 5.56 Å². The number of nitrogens with zero attached hydrogens (tertiary/aromatic N) is 2. The predicted octanol–water partition coefficient (Wildman–Crippen LogP) is 5.12. The lowest BCUT2D eigenvalue weighted by atomic mass is 10.1. The van der Waals surface area contributed by atoms with Gasteiger partial charge in [-0.1, -0.05) is 42.5 Å². The van der Waals surface area contributed by atoms with E-state index >= 15 is 0 Å². The number of nitrogens with one attached hydrogen (secondary N) is 1. The first-order valence-corrected chi connectivity index (χ1v) is 10.2. The van der Waals surface area contributed by atoms with Crippen molar-refractivity contribution in [2.45, 2.75) is 13.1 Å². The fourth-order valence-electron chi connectivity index (χ4n) is 3.50. The fourth-order valence-corrected chi connectivity index (χ4v) is 3.50. The molecule has 4 aromatic rings. The molecule has 0 atom stereocenters. The summed E-state index contributed by atoms with van der Waals surface area (Å²) in [6.45, 7) is 1.46. The van der Waals surface area contributed by atoms with E-state index in [0.717, 1.165) is 40.4 Å². The summed E-state index contributed by atoms with van der Waals surface area (Å²) in [5.41, 5.74) is 5.00. The maximum atomic E-state index is 5.56. The highest BCUT2D eigenvalue weighted by Gasteiger charge is 2.11. The molecule has 1 aromatic heterocycles. The molecule has 1 heterocycles. The van der Waals surface area contributed by atoms with Gasteiger partial charge in [0.25, 0.3) is 0 Å². The van der Waals surface area contributed by atoms with E-state index in [-0.39, 0.29) is 0 Å². The number of methoxy groups -OCH3 is 2. The molecule has 5 heteroatoms. The maximum absolute atomic E-state index is 5.56. The Balaban J connectivity index is 1.59. The Labute approximate surface area is 182 Å². The molecule has 0 radical (unpaired) electrons. The Morgan fingerprint density at radius 1 is 0.774 bits per heavy atom. The van der Waals surface area contributed by atoms with Crippen molar-refractivity contribution < 1.29 is 9.47 Å². The molecule has 0 unspecified atom stereocenters. The van der Waals surface area contributed by atoms with Crippen molar-refractivity contribution in [3.05, 3.63) is 96.2 Å². The van der Waals surface area contributed by atoms with Gasteiger partial charge in [0.2, 0.25) is 0 Å². The molecule has 31 heavy (non-hydrogen) atoms. The van der Waals surface area contributed by atoms with E-state index in [2.05, 4.69) is 28.5 Å². The molecule has 0 fully saturated rings. The summed E-state index contributed by atoms with van der Waals surface area (Å²) in [5.74, 6) is 2.29. The molecule has 0 saturated heterocycles. The van der Waals surface area contributed by atoms with Gasteiger partial charge in [-0.15, -0.1) is 0 Å². The summed E-state index contributed by atoms with van der Waals surface area (Å²) in [5, 5.41) is 3.49. The van der Waals surface area contributed by atoms with E-state index in [1.54, 1.807) is 20.4 Å². The van der Waals surface area contributed by atoms with Crippen LogP contribution >= 0.6 is 0 Å². The van der Waals surface area contributed by atoms with E-state index in [9.17, 15) is 0 Å². The Kier molecular flexibility index (Phi) is 6.55. The first-order valence-electron chi connectivity index (χ1n) is 10.2. The van der Waals surface area contributed by atoms with Gasteiger partial charge in [0, 0.05) is 36.0 Å². The quantitative estimate of drug-likeness (QED) is 0.436. The minimum atomic E-state index is 0.662. The summed E-state index contributed by atoms with van der Waals surface area (Å²) in [7, 11) is 3.35. The van der Waals surface area contributed by atoms with Crippen molar-refractivity contribution in [2.24, 2.45) is 0 Å². The molecule has 1 N–H and O–H groups in total. The van der Waals surface area contributed by atoms with Gasteiger partial charge in [-0.3, -0.25) is 0 Å². The average Bonchev–Trinajstić information content (AvgIpc) is 2.84. The van der Waals surface area contributed by atoms with Crippen LogP contribution in [-0.4, -0.2) is 24.2 Å². The predicted molar refractivity (Wildman–Crippen MR) is 123 cm³/mol. The second-order valence-electron chi connectivity index (χ2n) is 7.08. The zero-order valence-corrected chi connectivity index (χ0v) is 17.7. The lowest BCUT2D eigenvalue weighted by Crippen LogP contribution is -2.13. The molecule has 0 saturated carbocycles. The van der Waals surface area contributed by atoms with Gasteiger partial charge in [0.15, 0.2) is 5.82 Å². The van der Waals surface area contributed by atoms with E-state index < -0.39 is 0 Å². The van der Waals surface area contributed by atoms with Crippen molar-refractivity contribution >= 4 is 0 Å². The SMILES string of the molecule is COc1ccc(-c2nccc(-c3ccccc3OC)n2)cc1CNCc1ccccc1. The molecule has 3 aromatic carbocycles. The van der Waals surface area contributed by atoms with Gasteiger partial charge in [0.1, 0.15) is 11.5 Å². The topological polar surface area (TPSA) is 56.3 Å². The monoisotopic (exact) mass is 411 g/mol. The smallest absolute Gasteiger partial charge is 0.159 e. The number of benzene rings is 3. The highest BCUT2D eigenvalue weighted by Crippen LogP contribution is 2.30. The maximum Gasteiger partial charge on any atom is 0.159 e. The van der Waals surface area contributed by atoms with Crippen LogP contribution in [0.2, 0.25) is 0 Å². The normalized spacial score (nSPS) is 10.6. The van der Waals surface area contributed by atoms with Gasteiger partial charge >= 0.3 is 0 Å². The first-order chi connectivity index (χ1) is 15.3. The Bertz CT molecular complexity index is 1150. The van der Waals surface area contributed by atoms with Crippen LogP contribution in [0.15, 0.2) is 85.1 Å². The van der Waals surface area contributed by atoms with Crippen LogP contribution in [0.3, 0.4) is 0 Å². The summed E-state index contributed by atoms with van der Waals surface area (Å²) >= 11 is 0. The van der Waals surface area contributed by atoms with E-state index in [1.807, 2.05) is 60.7 Å². The second kappa shape index (κ2) is 9.87. The first kappa shape index (κ1) is 20.6. The van der Waals surface area contributed by atoms with Crippen molar-refractivity contribution in [1.29, 1.82) is 0 Å². The van der Waals surface area contributed by atoms with Crippen LogP contribution in [0.4, 0.5) is 0 Å². The number of aromatic nitrogens is 2. The summed E-state index contributed by atoms with van der Waals surface area (Å²) in [4.78, 5) is 9.30. The fraction of sp³-hybridized carbons (Fsp3) is 0.154. The zero-order valence-electron chi connectivity index (χ0n) is 17.7. The van der Waals surface area contributed by atoms with Gasteiger partial charge < -0.3 is 14.8 Å². The number of rotatable bonds is 8. The van der Waals surface area contributed by atoms with Crippen LogP contribution in [0, 0.1) is 0 Å². The van der Waals surface area contributed by atoms with Crippen LogP contribution in [0.25, 0.3) is 22.6 Å². The van der Waals surface area contributed by atoms with Gasteiger partial charge in [-0.05, 0) is 42.0 Å². The van der Waals surface area contributed by atoms with Crippen LogP contribution in [0.1, 0.15) is 11.1 Å². The van der Waals surface area contributed by atoms with E-state index in [4.69, 9.17) is 14.5 Å². The Morgan fingerprint density at radius 3 is 2.35 bits per heavy atom. The second-order valence-corrected chi connectivity index (χ2v) is 7.08. The summed E-state index contributed by atoms with van der Waals surface area (Å²) < 4.78 is 11.1. The molecule has 4 rings (SSSR count). The molecule has 0 spiro atoms. The molecule has 0 bridgehead atoms. The average molecular weight is 412 g/mol. The van der Waals surface area contributed by atoms with Crippen molar-refractivity contribution in [3.63, 3.8) is 0 Å². The van der Waals surface area contributed by atoms with Gasteiger partial charge in [0.05, 0.1) is 19.9 Å². The third-order valence-corrected chi connectivity index (χ3v) is 5.06. The molecular formula is C26H25N3O2. The standard InChI is InChI=1S/C26H25N3O2/c1-30-24-13-12-20(16-21(24)18-27-17-19-8-4-3-5-9-19)26-28-15-14-23(29-26)22-10-6-7-11-25(22)31-2/h3-16,27H,17-18H2,1-2H3. The number of ether oxygens (including phenoxy) is 2. The summed E-state index contributed by atoms with van der Waals surface area (Å²) in [6, 6.07) is 26.1. The molecular weight excluding hydrogens is 386 g/mol. The molecule has 5 nitrogen and oxygen atoms in total. The third kappa shape index (κ3) is 4.90. The molecule has 0 aliphatic carbocycles. The molecule has 0 amide bonds. The third-order valence-electron chi connectivity index (χ3n) is 5.06. The highest BCUT2D eigenvalue weighted by atomic mass is 16.5. The zero-order chi connectivity index (χ0) is 21.5. The Morgan fingerprint density at radius 2 is 1.55 bits per heavy atom. The lowest BCUT2D eigenvalue weighted by Gasteiger charge is -2.12. The van der Waals surface area contributed by atoms with Crippen molar-refractivity contribution in [1.82, 2.24) is 15.3 Å². The van der Waals surface area contributed by atoms with Crippen LogP contribution in [-0.2, 0) is 13.1 Å². The van der Waals surface area contributed by atoms with Gasteiger partial charge in [-0.25, -0.2) is 9.97 Å². The van der Waals surface area contributed by atoms with Crippen molar-refractivity contribution in [3.8, 4) is 34.1 Å². The van der Waals surface area contributed by atoms with Crippen LogP contribution in [0.5, 0.6) is 11.5 Å². The minimum absolute atomic E-state index is 0.662. The van der Waals surface area contributed by atoms with Crippen molar-refractivity contribution in [2.75, 3.05) is 14.2 Å². The van der Waals surface area contributed by atoms with E-state index in [0.29, 0.717) is 12.4 Å². The van der Waals surface area contributed by atoms with Gasteiger partial charge in [-0.2, -0.15) is 0 Å². The largest absolute Gasteiger partial charge is 0.496 e. The highest BCUT2D eigenvalue weighted by molar-refractivity contribution is 5.69. The van der Waals surface area contributed by atoms with Crippen LogP contribution < -0.4 is 14.8 Å².